The maximum Gasteiger partial charge on any atom is 0.275 e. The molecule has 1 heterocycles. The van der Waals surface area contributed by atoms with E-state index in [2.05, 4.69) is 15.3 Å². The summed E-state index contributed by atoms with van der Waals surface area (Å²) in [6.07, 6.45) is 2.66. The standard InChI is InChI=1S/C11H8Cl2N4O/c12-6-1-2-7(13)8(3-6)17-11(18)9-4-15-5-10(14)16-9/h1-5H,(H2,14,16)(H,17,18). The van der Waals surface area contributed by atoms with E-state index in [-0.39, 0.29) is 11.5 Å². The van der Waals surface area contributed by atoms with Crippen molar-refractivity contribution in [3.63, 3.8) is 0 Å². The van der Waals surface area contributed by atoms with E-state index in [1.54, 1.807) is 18.2 Å². The van der Waals surface area contributed by atoms with Crippen molar-refractivity contribution in [1.29, 1.82) is 0 Å². The highest BCUT2D eigenvalue weighted by Crippen LogP contribution is 2.25. The van der Waals surface area contributed by atoms with E-state index in [1.165, 1.54) is 12.4 Å². The average Bonchev–Trinajstić information content (AvgIpc) is 2.34. The molecule has 18 heavy (non-hydrogen) atoms. The molecule has 2 rings (SSSR count). The van der Waals surface area contributed by atoms with Crippen molar-refractivity contribution in [1.82, 2.24) is 9.97 Å². The number of nitrogen functional groups attached to an aromatic ring is 1. The summed E-state index contributed by atoms with van der Waals surface area (Å²) in [7, 11) is 0. The topological polar surface area (TPSA) is 80.9 Å². The van der Waals surface area contributed by atoms with E-state index in [0.717, 1.165) is 0 Å². The first kappa shape index (κ1) is 12.6. The molecule has 1 aromatic heterocycles. The molecule has 0 aliphatic rings. The van der Waals surface area contributed by atoms with E-state index < -0.39 is 5.91 Å². The molecule has 1 aromatic carbocycles. The Hall–Kier alpha value is -1.85. The van der Waals surface area contributed by atoms with Gasteiger partial charge in [0.2, 0.25) is 0 Å². The van der Waals surface area contributed by atoms with Crippen molar-refractivity contribution in [2.24, 2.45) is 0 Å². The third-order valence-electron chi connectivity index (χ3n) is 2.06. The van der Waals surface area contributed by atoms with Crippen molar-refractivity contribution in [3.05, 3.63) is 46.3 Å². The smallest absolute Gasteiger partial charge is 0.275 e. The predicted molar refractivity (Wildman–Crippen MR) is 70.9 cm³/mol. The van der Waals surface area contributed by atoms with Gasteiger partial charge in [-0.15, -0.1) is 0 Å². The summed E-state index contributed by atoms with van der Waals surface area (Å²) >= 11 is 11.7. The highest BCUT2D eigenvalue weighted by Gasteiger charge is 2.11. The Bertz CT molecular complexity index is 603. The number of nitrogens with two attached hydrogens (primary N) is 1. The van der Waals surface area contributed by atoms with E-state index in [9.17, 15) is 4.79 Å². The maximum absolute atomic E-state index is 11.9. The van der Waals surface area contributed by atoms with Crippen LogP contribution in [0.4, 0.5) is 11.5 Å². The van der Waals surface area contributed by atoms with E-state index >= 15 is 0 Å². The molecule has 0 atom stereocenters. The minimum atomic E-state index is -0.459. The second-order valence-corrected chi connectivity index (χ2v) is 4.25. The Morgan fingerprint density at radius 3 is 2.78 bits per heavy atom. The molecular weight excluding hydrogens is 275 g/mol. The molecule has 1 amide bonds. The summed E-state index contributed by atoms with van der Waals surface area (Å²) in [6, 6.07) is 4.76. The van der Waals surface area contributed by atoms with Crippen LogP contribution in [0.25, 0.3) is 0 Å². The Morgan fingerprint density at radius 2 is 2.06 bits per heavy atom. The lowest BCUT2D eigenvalue weighted by Crippen LogP contribution is -2.15. The number of nitrogens with one attached hydrogen (secondary N) is 1. The molecule has 0 spiro atoms. The number of halogens is 2. The number of aromatic nitrogens is 2. The number of carbonyl (C=O) groups excluding carboxylic acids is 1. The van der Waals surface area contributed by atoms with Crippen LogP contribution in [-0.4, -0.2) is 15.9 Å². The zero-order valence-electron chi connectivity index (χ0n) is 9.02. The molecule has 5 nitrogen and oxygen atoms in total. The fraction of sp³-hybridized carbons (Fsp3) is 0. The maximum atomic E-state index is 11.9. The van der Waals surface area contributed by atoms with Crippen LogP contribution in [0.3, 0.4) is 0 Å². The van der Waals surface area contributed by atoms with Gasteiger partial charge < -0.3 is 11.1 Å². The van der Waals surface area contributed by atoms with Gasteiger partial charge in [-0.2, -0.15) is 0 Å². The van der Waals surface area contributed by atoms with Gasteiger partial charge in [0.1, 0.15) is 11.5 Å². The van der Waals surface area contributed by atoms with Crippen LogP contribution in [0.5, 0.6) is 0 Å². The van der Waals surface area contributed by atoms with Crippen molar-refractivity contribution in [2.75, 3.05) is 11.1 Å². The molecular formula is C11H8Cl2N4O. The molecule has 0 fully saturated rings. The molecule has 0 bridgehead atoms. The zero-order chi connectivity index (χ0) is 13.1. The Balaban J connectivity index is 2.24. The number of benzene rings is 1. The van der Waals surface area contributed by atoms with Gasteiger partial charge >= 0.3 is 0 Å². The summed E-state index contributed by atoms with van der Waals surface area (Å²) in [6.45, 7) is 0. The highest BCUT2D eigenvalue weighted by atomic mass is 35.5. The summed E-state index contributed by atoms with van der Waals surface area (Å²) in [5, 5.41) is 3.43. The third-order valence-corrected chi connectivity index (χ3v) is 2.63. The van der Waals surface area contributed by atoms with Gasteiger partial charge in [-0.25, -0.2) is 4.98 Å². The molecule has 0 aliphatic heterocycles. The molecule has 3 N–H and O–H groups in total. The number of nitrogens with zero attached hydrogens (tertiary/aromatic N) is 2. The fourth-order valence-electron chi connectivity index (χ4n) is 1.27. The molecule has 2 aromatic rings. The van der Waals surface area contributed by atoms with Gasteiger partial charge in [0, 0.05) is 5.02 Å². The number of hydrogen-bond acceptors (Lipinski definition) is 4. The lowest BCUT2D eigenvalue weighted by atomic mass is 10.3. The number of anilines is 2. The van der Waals surface area contributed by atoms with Crippen molar-refractivity contribution in [2.45, 2.75) is 0 Å². The van der Waals surface area contributed by atoms with Gasteiger partial charge in [0.25, 0.3) is 5.91 Å². The quantitative estimate of drug-likeness (QED) is 0.887. The van der Waals surface area contributed by atoms with E-state index in [4.69, 9.17) is 28.9 Å². The van der Waals surface area contributed by atoms with Gasteiger partial charge in [-0.1, -0.05) is 23.2 Å². The normalized spacial score (nSPS) is 10.1. The SMILES string of the molecule is Nc1cncc(C(=O)Nc2cc(Cl)ccc2Cl)n1. The Labute approximate surface area is 113 Å². The molecule has 0 saturated heterocycles. The van der Waals surface area contributed by atoms with Crippen LogP contribution in [-0.2, 0) is 0 Å². The molecule has 0 radical (unpaired) electrons. The lowest BCUT2D eigenvalue weighted by molar-refractivity contribution is 0.102. The fourth-order valence-corrected chi connectivity index (χ4v) is 1.61. The highest BCUT2D eigenvalue weighted by molar-refractivity contribution is 6.35. The first-order valence-electron chi connectivity index (χ1n) is 4.90. The van der Waals surface area contributed by atoms with Crippen LogP contribution in [0, 0.1) is 0 Å². The Kier molecular flexibility index (Phi) is 3.64. The van der Waals surface area contributed by atoms with Gasteiger partial charge in [-0.3, -0.25) is 9.78 Å². The van der Waals surface area contributed by atoms with Gasteiger partial charge in [-0.05, 0) is 18.2 Å². The second kappa shape index (κ2) is 5.20. The monoisotopic (exact) mass is 282 g/mol. The first-order valence-corrected chi connectivity index (χ1v) is 5.66. The van der Waals surface area contributed by atoms with Crippen LogP contribution < -0.4 is 11.1 Å². The predicted octanol–water partition coefficient (Wildman–Crippen LogP) is 2.62. The molecule has 7 heteroatoms. The van der Waals surface area contributed by atoms with Gasteiger partial charge in [0.15, 0.2) is 0 Å². The second-order valence-electron chi connectivity index (χ2n) is 3.41. The lowest BCUT2D eigenvalue weighted by Gasteiger charge is -2.07. The molecule has 92 valence electrons. The van der Waals surface area contributed by atoms with Gasteiger partial charge in [0.05, 0.1) is 23.1 Å². The number of carbonyl (C=O) groups is 1. The van der Waals surface area contributed by atoms with Crippen molar-refractivity contribution < 1.29 is 4.79 Å². The van der Waals surface area contributed by atoms with Crippen molar-refractivity contribution in [3.8, 4) is 0 Å². The minimum absolute atomic E-state index is 0.103. The molecule has 0 aliphatic carbocycles. The number of amides is 1. The van der Waals surface area contributed by atoms with E-state index in [1.807, 2.05) is 0 Å². The molecule has 0 unspecified atom stereocenters. The summed E-state index contributed by atoms with van der Waals surface area (Å²) in [5.41, 5.74) is 5.95. The summed E-state index contributed by atoms with van der Waals surface area (Å²) in [5.74, 6) is -0.293. The summed E-state index contributed by atoms with van der Waals surface area (Å²) in [4.78, 5) is 19.5. The third kappa shape index (κ3) is 2.88. The van der Waals surface area contributed by atoms with Crippen LogP contribution in [0.1, 0.15) is 10.5 Å². The number of rotatable bonds is 2. The zero-order valence-corrected chi connectivity index (χ0v) is 10.5. The van der Waals surface area contributed by atoms with Crippen LogP contribution in [0.15, 0.2) is 30.6 Å². The van der Waals surface area contributed by atoms with Crippen LogP contribution >= 0.6 is 23.2 Å². The van der Waals surface area contributed by atoms with E-state index in [0.29, 0.717) is 15.7 Å². The minimum Gasteiger partial charge on any atom is -0.382 e. The molecule has 0 saturated carbocycles. The van der Waals surface area contributed by atoms with Crippen molar-refractivity contribution >= 4 is 40.6 Å². The Morgan fingerprint density at radius 1 is 1.28 bits per heavy atom. The first-order chi connectivity index (χ1) is 8.56. The summed E-state index contributed by atoms with van der Waals surface area (Å²) < 4.78 is 0. The van der Waals surface area contributed by atoms with Crippen LogP contribution in [0.2, 0.25) is 10.0 Å². The average molecular weight is 283 g/mol. The number of hydrogen-bond donors (Lipinski definition) is 2. The largest absolute Gasteiger partial charge is 0.382 e.